The number of amides is 1. The first-order valence-electron chi connectivity index (χ1n) is 9.42. The highest BCUT2D eigenvalue weighted by molar-refractivity contribution is 9.10. The molecule has 130 valence electrons. The van der Waals surface area contributed by atoms with Crippen LogP contribution >= 0.6 is 15.9 Å². The normalized spacial score (nSPS) is 32.4. The standard InChI is InChI=1S/C20H27BrN2O/c21-17-6-1-3-13(9-17)12-23(18-7-8-18)20(24)16-10-14-4-2-5-15(11-16)19(14)22/h1,3,6,9,14-16,18-19H,2,4-5,7-8,10-12,22H2. The first-order valence-corrected chi connectivity index (χ1v) is 10.2. The van der Waals surface area contributed by atoms with Crippen LogP contribution in [-0.2, 0) is 11.3 Å². The number of halogens is 1. The molecule has 0 aliphatic heterocycles. The van der Waals surface area contributed by atoms with Gasteiger partial charge >= 0.3 is 0 Å². The van der Waals surface area contributed by atoms with Gasteiger partial charge in [-0.1, -0.05) is 34.5 Å². The van der Waals surface area contributed by atoms with E-state index in [1.165, 1.54) is 37.7 Å². The summed E-state index contributed by atoms with van der Waals surface area (Å²) < 4.78 is 1.08. The zero-order valence-corrected chi connectivity index (χ0v) is 15.7. The van der Waals surface area contributed by atoms with E-state index in [0.717, 1.165) is 23.9 Å². The van der Waals surface area contributed by atoms with Crippen LogP contribution in [-0.4, -0.2) is 22.9 Å². The fourth-order valence-corrected chi connectivity index (χ4v) is 5.28. The highest BCUT2D eigenvalue weighted by atomic mass is 79.9. The number of rotatable bonds is 4. The van der Waals surface area contributed by atoms with Gasteiger partial charge in [0.05, 0.1) is 0 Å². The summed E-state index contributed by atoms with van der Waals surface area (Å²) in [5.41, 5.74) is 7.62. The average molecular weight is 391 g/mol. The van der Waals surface area contributed by atoms with Crippen molar-refractivity contribution in [2.45, 2.75) is 63.6 Å². The number of hydrogen-bond acceptors (Lipinski definition) is 2. The molecular formula is C20H27BrN2O. The Morgan fingerprint density at radius 3 is 2.50 bits per heavy atom. The van der Waals surface area contributed by atoms with Gasteiger partial charge in [-0.15, -0.1) is 0 Å². The molecule has 3 fully saturated rings. The maximum Gasteiger partial charge on any atom is 0.226 e. The molecule has 1 aromatic carbocycles. The van der Waals surface area contributed by atoms with Crippen molar-refractivity contribution < 1.29 is 4.79 Å². The predicted octanol–water partition coefficient (Wildman–Crippen LogP) is 4.09. The molecule has 3 aliphatic rings. The molecule has 0 aromatic heterocycles. The van der Waals surface area contributed by atoms with Gasteiger partial charge in [0.25, 0.3) is 0 Å². The van der Waals surface area contributed by atoms with Crippen molar-refractivity contribution in [3.63, 3.8) is 0 Å². The molecule has 3 saturated carbocycles. The Balaban J connectivity index is 1.48. The molecule has 2 bridgehead atoms. The minimum absolute atomic E-state index is 0.202. The first kappa shape index (κ1) is 16.6. The minimum atomic E-state index is 0.202. The highest BCUT2D eigenvalue weighted by Gasteiger charge is 2.43. The van der Waals surface area contributed by atoms with E-state index in [1.807, 2.05) is 6.07 Å². The lowest BCUT2D eigenvalue weighted by Gasteiger charge is -2.44. The summed E-state index contributed by atoms with van der Waals surface area (Å²) in [5, 5.41) is 0. The van der Waals surface area contributed by atoms with Crippen molar-refractivity contribution in [3.8, 4) is 0 Å². The zero-order chi connectivity index (χ0) is 16.7. The van der Waals surface area contributed by atoms with Crippen LogP contribution in [0.25, 0.3) is 0 Å². The summed E-state index contributed by atoms with van der Waals surface area (Å²) in [7, 11) is 0. The van der Waals surface area contributed by atoms with Gasteiger partial charge in [-0.25, -0.2) is 0 Å². The van der Waals surface area contributed by atoms with E-state index in [0.29, 0.717) is 29.8 Å². The van der Waals surface area contributed by atoms with Crippen molar-refractivity contribution in [1.82, 2.24) is 4.90 Å². The second-order valence-corrected chi connectivity index (χ2v) is 8.94. The van der Waals surface area contributed by atoms with Crippen LogP contribution in [0.5, 0.6) is 0 Å². The van der Waals surface area contributed by atoms with E-state index in [2.05, 4.69) is 39.0 Å². The van der Waals surface area contributed by atoms with Gasteiger partial charge in [0.15, 0.2) is 0 Å². The number of fused-ring (bicyclic) bond motifs is 2. The molecule has 0 saturated heterocycles. The molecule has 3 nitrogen and oxygen atoms in total. The van der Waals surface area contributed by atoms with Crippen LogP contribution in [0.1, 0.15) is 50.5 Å². The van der Waals surface area contributed by atoms with E-state index in [9.17, 15) is 4.79 Å². The van der Waals surface area contributed by atoms with Crippen molar-refractivity contribution in [3.05, 3.63) is 34.3 Å². The molecule has 2 unspecified atom stereocenters. The molecule has 2 atom stereocenters. The molecular weight excluding hydrogens is 364 g/mol. The van der Waals surface area contributed by atoms with E-state index < -0.39 is 0 Å². The van der Waals surface area contributed by atoms with Crippen LogP contribution in [0.3, 0.4) is 0 Å². The summed E-state index contributed by atoms with van der Waals surface area (Å²) in [5.74, 6) is 1.73. The molecule has 4 heteroatoms. The van der Waals surface area contributed by atoms with Gasteiger partial charge < -0.3 is 10.6 Å². The van der Waals surface area contributed by atoms with Gasteiger partial charge in [0.1, 0.15) is 0 Å². The van der Waals surface area contributed by atoms with Crippen molar-refractivity contribution in [1.29, 1.82) is 0 Å². The Morgan fingerprint density at radius 1 is 1.17 bits per heavy atom. The summed E-state index contributed by atoms with van der Waals surface area (Å²) in [4.78, 5) is 15.4. The Kier molecular flexibility index (Phi) is 4.70. The van der Waals surface area contributed by atoms with Crippen molar-refractivity contribution >= 4 is 21.8 Å². The fourth-order valence-electron chi connectivity index (χ4n) is 4.83. The topological polar surface area (TPSA) is 46.3 Å². The monoisotopic (exact) mass is 390 g/mol. The van der Waals surface area contributed by atoms with Crippen LogP contribution in [0.2, 0.25) is 0 Å². The summed E-state index contributed by atoms with van der Waals surface area (Å²) >= 11 is 3.54. The number of hydrogen-bond donors (Lipinski definition) is 1. The van der Waals surface area contributed by atoms with Gasteiger partial charge in [-0.2, -0.15) is 0 Å². The summed E-state index contributed by atoms with van der Waals surface area (Å²) in [6.45, 7) is 0.751. The average Bonchev–Trinajstić information content (AvgIpc) is 3.36. The Hall–Kier alpha value is -0.870. The van der Waals surface area contributed by atoms with Crippen LogP contribution < -0.4 is 5.73 Å². The molecule has 24 heavy (non-hydrogen) atoms. The van der Waals surface area contributed by atoms with E-state index in [-0.39, 0.29) is 5.92 Å². The summed E-state index contributed by atoms with van der Waals surface area (Å²) in [6, 6.07) is 9.15. The molecule has 0 radical (unpaired) electrons. The van der Waals surface area contributed by atoms with E-state index in [1.54, 1.807) is 0 Å². The highest BCUT2D eigenvalue weighted by Crippen LogP contribution is 2.43. The molecule has 3 aliphatic carbocycles. The first-order chi connectivity index (χ1) is 11.6. The molecule has 1 aromatic rings. The zero-order valence-electron chi connectivity index (χ0n) is 14.2. The lowest BCUT2D eigenvalue weighted by atomic mass is 9.65. The van der Waals surface area contributed by atoms with E-state index >= 15 is 0 Å². The summed E-state index contributed by atoms with van der Waals surface area (Å²) in [6.07, 6.45) is 8.09. The van der Waals surface area contributed by atoms with Crippen LogP contribution in [0.15, 0.2) is 28.7 Å². The molecule has 2 N–H and O–H groups in total. The smallest absolute Gasteiger partial charge is 0.226 e. The molecule has 0 heterocycles. The lowest BCUT2D eigenvalue weighted by molar-refractivity contribution is -0.140. The lowest BCUT2D eigenvalue weighted by Crippen LogP contribution is -2.50. The predicted molar refractivity (Wildman–Crippen MR) is 99.2 cm³/mol. The van der Waals surface area contributed by atoms with Gasteiger partial charge in [0, 0.05) is 29.0 Å². The molecule has 0 spiro atoms. The van der Waals surface area contributed by atoms with Gasteiger partial charge in [-0.05, 0) is 68.1 Å². The number of carbonyl (C=O) groups excluding carboxylic acids is 1. The Morgan fingerprint density at radius 2 is 1.88 bits per heavy atom. The third kappa shape index (κ3) is 3.41. The SMILES string of the molecule is NC1C2CCCC1CC(C(=O)N(Cc1cccc(Br)c1)C1CC1)C2. The second kappa shape index (κ2) is 6.80. The maximum atomic E-state index is 13.3. The maximum absolute atomic E-state index is 13.3. The Labute approximate surface area is 153 Å². The van der Waals surface area contributed by atoms with E-state index in [4.69, 9.17) is 5.73 Å². The number of carbonyl (C=O) groups is 1. The largest absolute Gasteiger partial charge is 0.335 e. The number of nitrogens with two attached hydrogens (primary N) is 1. The quantitative estimate of drug-likeness (QED) is 0.840. The minimum Gasteiger partial charge on any atom is -0.335 e. The third-order valence-corrected chi connectivity index (χ3v) is 6.77. The van der Waals surface area contributed by atoms with Crippen molar-refractivity contribution in [2.75, 3.05) is 0 Å². The van der Waals surface area contributed by atoms with Crippen molar-refractivity contribution in [2.24, 2.45) is 23.5 Å². The molecule has 1 amide bonds. The van der Waals surface area contributed by atoms with Crippen LogP contribution in [0, 0.1) is 17.8 Å². The van der Waals surface area contributed by atoms with Gasteiger partial charge in [0.2, 0.25) is 5.91 Å². The van der Waals surface area contributed by atoms with Gasteiger partial charge in [-0.3, -0.25) is 4.79 Å². The fraction of sp³-hybridized carbons (Fsp3) is 0.650. The molecule has 4 rings (SSSR count). The Bertz CT molecular complexity index is 601. The second-order valence-electron chi connectivity index (χ2n) is 8.02. The third-order valence-electron chi connectivity index (χ3n) is 6.27. The number of benzene rings is 1. The van der Waals surface area contributed by atoms with Crippen LogP contribution in [0.4, 0.5) is 0 Å². The number of nitrogens with zero attached hydrogens (tertiary/aromatic N) is 1.